The van der Waals surface area contributed by atoms with Crippen molar-refractivity contribution in [2.45, 2.75) is 6.92 Å². The smallest absolute Gasteiger partial charge is 0.143 e. The Balaban J connectivity index is 2.60. The summed E-state index contributed by atoms with van der Waals surface area (Å²) in [7, 11) is 0. The summed E-state index contributed by atoms with van der Waals surface area (Å²) in [6.07, 6.45) is 0. The fourth-order valence-electron chi connectivity index (χ4n) is 1.78. The van der Waals surface area contributed by atoms with Crippen LogP contribution in [0.15, 0.2) is 47.6 Å². The predicted octanol–water partition coefficient (Wildman–Crippen LogP) is 3.58. The number of hydrogen-bond acceptors (Lipinski definition) is 3. The first-order valence-corrected chi connectivity index (χ1v) is 5.78. The van der Waals surface area contributed by atoms with E-state index in [1.807, 2.05) is 25.1 Å². The summed E-state index contributed by atoms with van der Waals surface area (Å²) in [6.45, 7) is 1.86. The predicted molar refractivity (Wildman–Crippen MR) is 71.7 cm³/mol. The first-order valence-electron chi connectivity index (χ1n) is 5.40. The molecular weight excluding hydrogens is 250 g/mol. The van der Waals surface area contributed by atoms with Crippen LogP contribution >= 0.6 is 11.6 Å². The molecule has 0 aliphatic carbocycles. The van der Waals surface area contributed by atoms with Gasteiger partial charge in [-0.05, 0) is 24.6 Å². The number of halogens is 1. The molecule has 18 heavy (non-hydrogen) atoms. The maximum Gasteiger partial charge on any atom is 0.143 e. The van der Waals surface area contributed by atoms with E-state index >= 15 is 0 Å². The van der Waals surface area contributed by atoms with E-state index in [1.165, 1.54) is 0 Å². The Morgan fingerprint density at radius 3 is 2.44 bits per heavy atom. The number of nitrogens with zero attached hydrogens (tertiary/aromatic N) is 1. The van der Waals surface area contributed by atoms with E-state index < -0.39 is 0 Å². The highest BCUT2D eigenvalue weighted by Gasteiger charge is 2.15. The largest absolute Gasteiger partial charge is 0.506 e. The van der Waals surface area contributed by atoms with Gasteiger partial charge in [-0.2, -0.15) is 0 Å². The summed E-state index contributed by atoms with van der Waals surface area (Å²) >= 11 is 5.92. The number of benzene rings is 2. The van der Waals surface area contributed by atoms with E-state index in [4.69, 9.17) is 11.6 Å². The number of phenolic OH excluding ortho intramolecular Hbond substituents is 1. The molecule has 0 aliphatic heterocycles. The van der Waals surface area contributed by atoms with Crippen LogP contribution in [0.1, 0.15) is 16.7 Å². The van der Waals surface area contributed by atoms with Gasteiger partial charge in [-0.15, -0.1) is 0 Å². The number of aryl methyl sites for hydroxylation is 1. The SMILES string of the molecule is Cc1cc(Cl)c(O)c(/C(=N/O)c2ccccc2)c1. The average molecular weight is 262 g/mol. The Labute approximate surface area is 110 Å². The summed E-state index contributed by atoms with van der Waals surface area (Å²) < 4.78 is 0. The minimum Gasteiger partial charge on any atom is -0.506 e. The molecule has 0 radical (unpaired) electrons. The second-order valence-corrected chi connectivity index (χ2v) is 4.36. The Bertz CT molecular complexity index is 594. The second kappa shape index (κ2) is 5.10. The van der Waals surface area contributed by atoms with Gasteiger partial charge in [0.15, 0.2) is 0 Å². The van der Waals surface area contributed by atoms with Crippen LogP contribution < -0.4 is 0 Å². The molecule has 0 saturated heterocycles. The van der Waals surface area contributed by atoms with Crippen LogP contribution in [0.4, 0.5) is 0 Å². The molecule has 0 saturated carbocycles. The van der Waals surface area contributed by atoms with E-state index in [-0.39, 0.29) is 10.8 Å². The molecule has 4 heteroatoms. The van der Waals surface area contributed by atoms with Crippen LogP contribution in [0, 0.1) is 6.92 Å². The molecular formula is C14H12ClNO2. The van der Waals surface area contributed by atoms with E-state index in [1.54, 1.807) is 24.3 Å². The topological polar surface area (TPSA) is 52.8 Å². The third-order valence-electron chi connectivity index (χ3n) is 2.61. The number of phenols is 1. The minimum absolute atomic E-state index is 0.0843. The molecule has 92 valence electrons. The zero-order valence-corrected chi connectivity index (χ0v) is 10.5. The van der Waals surface area contributed by atoms with Gasteiger partial charge >= 0.3 is 0 Å². The van der Waals surface area contributed by atoms with Crippen LogP contribution in [-0.2, 0) is 0 Å². The summed E-state index contributed by atoms with van der Waals surface area (Å²) in [6, 6.07) is 12.5. The molecule has 0 heterocycles. The first-order chi connectivity index (χ1) is 8.63. The highest BCUT2D eigenvalue weighted by Crippen LogP contribution is 2.30. The first kappa shape index (κ1) is 12.5. The molecule has 0 fully saturated rings. The molecule has 2 aromatic rings. The summed E-state index contributed by atoms with van der Waals surface area (Å²) in [5, 5.41) is 22.6. The molecule has 0 bridgehead atoms. The highest BCUT2D eigenvalue weighted by molar-refractivity contribution is 6.33. The Kier molecular flexibility index (Phi) is 3.53. The van der Waals surface area contributed by atoms with E-state index in [0.717, 1.165) is 5.56 Å². The van der Waals surface area contributed by atoms with Gasteiger partial charge in [0.1, 0.15) is 11.5 Å². The van der Waals surface area contributed by atoms with Crippen molar-refractivity contribution in [3.05, 3.63) is 64.2 Å². The van der Waals surface area contributed by atoms with Crippen molar-refractivity contribution in [2.24, 2.45) is 5.16 Å². The van der Waals surface area contributed by atoms with Gasteiger partial charge in [0.2, 0.25) is 0 Å². The fraction of sp³-hybridized carbons (Fsp3) is 0.0714. The zero-order valence-electron chi connectivity index (χ0n) is 9.76. The monoisotopic (exact) mass is 261 g/mol. The number of rotatable bonds is 2. The van der Waals surface area contributed by atoms with E-state index in [9.17, 15) is 10.3 Å². The van der Waals surface area contributed by atoms with Crippen LogP contribution in [-0.4, -0.2) is 16.0 Å². The van der Waals surface area contributed by atoms with Gasteiger partial charge in [-0.1, -0.05) is 47.1 Å². The van der Waals surface area contributed by atoms with Gasteiger partial charge in [0.25, 0.3) is 0 Å². The van der Waals surface area contributed by atoms with Crippen molar-refractivity contribution < 1.29 is 10.3 Å². The summed E-state index contributed by atoms with van der Waals surface area (Å²) in [4.78, 5) is 0. The lowest BCUT2D eigenvalue weighted by atomic mass is 10.00. The van der Waals surface area contributed by atoms with E-state index in [2.05, 4.69) is 5.16 Å². The number of hydrogen-bond donors (Lipinski definition) is 2. The van der Waals surface area contributed by atoms with Crippen LogP contribution in [0.5, 0.6) is 5.75 Å². The third-order valence-corrected chi connectivity index (χ3v) is 2.90. The van der Waals surface area contributed by atoms with Crippen molar-refractivity contribution in [1.82, 2.24) is 0 Å². The molecule has 3 nitrogen and oxygen atoms in total. The van der Waals surface area contributed by atoms with Gasteiger partial charge in [0.05, 0.1) is 5.02 Å². The van der Waals surface area contributed by atoms with Gasteiger partial charge in [-0.3, -0.25) is 0 Å². The molecule has 2 N–H and O–H groups in total. The minimum atomic E-state index is -0.0843. The lowest BCUT2D eigenvalue weighted by Crippen LogP contribution is -2.04. The normalized spacial score (nSPS) is 11.6. The molecule has 2 rings (SSSR count). The molecule has 0 unspecified atom stereocenters. The van der Waals surface area contributed by atoms with Gasteiger partial charge < -0.3 is 10.3 Å². The molecule has 0 aromatic heterocycles. The van der Waals surface area contributed by atoms with Crippen LogP contribution in [0.25, 0.3) is 0 Å². The third kappa shape index (κ3) is 2.31. The Morgan fingerprint density at radius 1 is 1.17 bits per heavy atom. The lowest BCUT2D eigenvalue weighted by molar-refractivity contribution is 0.319. The number of oxime groups is 1. The molecule has 0 atom stereocenters. The van der Waals surface area contributed by atoms with Crippen LogP contribution in [0.3, 0.4) is 0 Å². The lowest BCUT2D eigenvalue weighted by Gasteiger charge is -2.09. The molecule has 0 spiro atoms. The van der Waals surface area contributed by atoms with Crippen molar-refractivity contribution in [1.29, 1.82) is 0 Å². The zero-order chi connectivity index (χ0) is 13.1. The standard InChI is InChI=1S/C14H12ClNO2/c1-9-7-11(14(17)12(15)8-9)13(16-18)10-5-3-2-4-6-10/h2-8,17-18H,1H3/b16-13+. The van der Waals surface area contributed by atoms with Gasteiger partial charge in [0, 0.05) is 11.1 Å². The quantitative estimate of drug-likeness (QED) is 0.493. The summed E-state index contributed by atoms with van der Waals surface area (Å²) in [5.41, 5.74) is 2.29. The van der Waals surface area contributed by atoms with Crippen molar-refractivity contribution in [3.63, 3.8) is 0 Å². The van der Waals surface area contributed by atoms with Crippen molar-refractivity contribution in [2.75, 3.05) is 0 Å². The van der Waals surface area contributed by atoms with Crippen molar-refractivity contribution >= 4 is 17.3 Å². The maximum absolute atomic E-state index is 9.96. The molecule has 0 aliphatic rings. The molecule has 2 aromatic carbocycles. The Morgan fingerprint density at radius 2 is 1.83 bits per heavy atom. The fourth-order valence-corrected chi connectivity index (χ4v) is 2.05. The van der Waals surface area contributed by atoms with Crippen LogP contribution in [0.2, 0.25) is 5.02 Å². The summed E-state index contributed by atoms with van der Waals surface area (Å²) in [5.74, 6) is -0.0843. The highest BCUT2D eigenvalue weighted by atomic mass is 35.5. The maximum atomic E-state index is 9.96. The average Bonchev–Trinajstić information content (AvgIpc) is 2.37. The number of aromatic hydroxyl groups is 1. The van der Waals surface area contributed by atoms with Gasteiger partial charge in [-0.25, -0.2) is 0 Å². The molecule has 0 amide bonds. The Hall–Kier alpha value is -2.00. The second-order valence-electron chi connectivity index (χ2n) is 3.96. The van der Waals surface area contributed by atoms with Crippen molar-refractivity contribution in [3.8, 4) is 5.75 Å². The van der Waals surface area contributed by atoms with E-state index in [0.29, 0.717) is 16.8 Å².